The van der Waals surface area contributed by atoms with Crippen LogP contribution in [0.4, 0.5) is 17.6 Å². The van der Waals surface area contributed by atoms with Gasteiger partial charge in [-0.3, -0.25) is 4.79 Å². The van der Waals surface area contributed by atoms with Crippen LogP contribution in [0.1, 0.15) is 47.4 Å². The van der Waals surface area contributed by atoms with Crippen LogP contribution in [-0.2, 0) is 17.5 Å². The summed E-state index contributed by atoms with van der Waals surface area (Å²) in [5, 5.41) is 0.885. The summed E-state index contributed by atoms with van der Waals surface area (Å²) in [5.74, 6) is -0.910. The molecule has 0 saturated carbocycles. The molecule has 1 aliphatic rings. The molecule has 3 nitrogen and oxygen atoms in total. The lowest BCUT2D eigenvalue weighted by atomic mass is 9.87. The van der Waals surface area contributed by atoms with Crippen molar-refractivity contribution < 1.29 is 22.4 Å². The Morgan fingerprint density at radius 3 is 2.36 bits per heavy atom. The first-order valence-electron chi connectivity index (χ1n) is 12.1. The van der Waals surface area contributed by atoms with Gasteiger partial charge < -0.3 is 9.47 Å². The van der Waals surface area contributed by atoms with E-state index in [1.165, 1.54) is 18.2 Å². The van der Waals surface area contributed by atoms with Crippen molar-refractivity contribution in [3.8, 4) is 0 Å². The van der Waals surface area contributed by atoms with Crippen LogP contribution in [0.15, 0.2) is 79.0 Å². The maximum absolute atomic E-state index is 13.6. The summed E-state index contributed by atoms with van der Waals surface area (Å²) in [7, 11) is 0. The van der Waals surface area contributed by atoms with Crippen molar-refractivity contribution in [2.45, 2.75) is 37.9 Å². The summed E-state index contributed by atoms with van der Waals surface area (Å²) in [6, 6.07) is 19.2. The van der Waals surface area contributed by atoms with E-state index in [2.05, 4.69) is 0 Å². The van der Waals surface area contributed by atoms with E-state index in [0.29, 0.717) is 25.2 Å². The number of halogens is 4. The first-order chi connectivity index (χ1) is 17.3. The van der Waals surface area contributed by atoms with Crippen LogP contribution in [0.3, 0.4) is 0 Å². The van der Waals surface area contributed by atoms with E-state index >= 15 is 0 Å². The van der Waals surface area contributed by atoms with E-state index in [1.807, 2.05) is 35.0 Å². The second-order valence-electron chi connectivity index (χ2n) is 9.32. The van der Waals surface area contributed by atoms with Crippen molar-refractivity contribution in [3.63, 3.8) is 0 Å². The first-order valence-corrected chi connectivity index (χ1v) is 12.1. The molecule has 1 unspecified atom stereocenters. The monoisotopic (exact) mass is 494 g/mol. The van der Waals surface area contributed by atoms with E-state index in [-0.39, 0.29) is 18.1 Å². The molecule has 1 saturated heterocycles. The van der Waals surface area contributed by atoms with E-state index in [4.69, 9.17) is 0 Å². The van der Waals surface area contributed by atoms with Gasteiger partial charge in [-0.2, -0.15) is 13.2 Å². The first kappa shape index (κ1) is 24.1. The highest BCUT2D eigenvalue weighted by atomic mass is 19.4. The van der Waals surface area contributed by atoms with Gasteiger partial charge in [-0.15, -0.1) is 0 Å². The third kappa shape index (κ3) is 5.01. The van der Waals surface area contributed by atoms with Gasteiger partial charge in [0.05, 0.1) is 5.56 Å². The summed E-state index contributed by atoms with van der Waals surface area (Å²) in [6.07, 6.45) is -0.577. The third-order valence-corrected chi connectivity index (χ3v) is 6.91. The maximum Gasteiger partial charge on any atom is 0.416 e. The fourth-order valence-corrected chi connectivity index (χ4v) is 5.08. The van der Waals surface area contributed by atoms with Crippen molar-refractivity contribution in [2.24, 2.45) is 0 Å². The second-order valence-corrected chi connectivity index (χ2v) is 9.32. The van der Waals surface area contributed by atoms with E-state index < -0.39 is 17.7 Å². The number of likely N-dealkylation sites (tertiary alicyclic amines) is 1. The zero-order chi connectivity index (χ0) is 25.3. The molecule has 5 rings (SSSR count). The molecule has 0 radical (unpaired) electrons. The lowest BCUT2D eigenvalue weighted by molar-refractivity contribution is -0.137. The highest BCUT2D eigenvalue weighted by Crippen LogP contribution is 2.38. The van der Waals surface area contributed by atoms with Gasteiger partial charge in [0.2, 0.25) is 5.91 Å². The molecule has 186 valence electrons. The second kappa shape index (κ2) is 9.80. The van der Waals surface area contributed by atoms with Gasteiger partial charge >= 0.3 is 6.18 Å². The molecular formula is C29H26F4N2O. The Morgan fingerprint density at radius 1 is 0.917 bits per heavy atom. The molecule has 0 spiro atoms. The Kier molecular flexibility index (Phi) is 6.56. The van der Waals surface area contributed by atoms with Crippen LogP contribution >= 0.6 is 0 Å². The standard InChI is InChI=1S/C29H26F4N2O/c30-23-12-10-20(11-13-23)18-35-19-26(24-8-1-2-9-27(24)35)25(17-28(36)34-14-3-4-15-34)21-6-5-7-22(16-21)29(31,32)33/h1-2,5-13,16,19,25H,3-4,14-15,17-18H2. The van der Waals surface area contributed by atoms with Crippen LogP contribution in [-0.4, -0.2) is 28.5 Å². The number of alkyl halides is 3. The van der Waals surface area contributed by atoms with Crippen molar-refractivity contribution >= 4 is 16.8 Å². The zero-order valence-electron chi connectivity index (χ0n) is 19.6. The number of hydrogen-bond donors (Lipinski definition) is 0. The number of aromatic nitrogens is 1. The summed E-state index contributed by atoms with van der Waals surface area (Å²) in [4.78, 5) is 15.0. The minimum Gasteiger partial charge on any atom is -0.343 e. The molecular weight excluding hydrogens is 468 g/mol. The predicted molar refractivity (Wildman–Crippen MR) is 131 cm³/mol. The molecule has 7 heteroatoms. The summed E-state index contributed by atoms with van der Waals surface area (Å²) < 4.78 is 56.1. The number of nitrogens with zero attached hydrogens (tertiary/aromatic N) is 2. The number of para-hydroxylation sites is 1. The molecule has 0 N–H and O–H groups in total. The van der Waals surface area contributed by atoms with Crippen LogP contribution < -0.4 is 0 Å². The fraction of sp³-hybridized carbons (Fsp3) is 0.276. The lowest BCUT2D eigenvalue weighted by Crippen LogP contribution is -2.29. The van der Waals surface area contributed by atoms with Gasteiger partial charge in [-0.05, 0) is 53.8 Å². The van der Waals surface area contributed by atoms with E-state index in [0.717, 1.165) is 47.0 Å². The number of hydrogen-bond acceptors (Lipinski definition) is 1. The largest absolute Gasteiger partial charge is 0.416 e. The van der Waals surface area contributed by atoms with Crippen molar-refractivity contribution in [1.29, 1.82) is 0 Å². The number of carbonyl (C=O) groups excluding carboxylic acids is 1. The Labute approximate surface area is 207 Å². The molecule has 1 fully saturated rings. The number of benzene rings is 3. The quantitative estimate of drug-likeness (QED) is 0.265. The van der Waals surface area contributed by atoms with E-state index in [9.17, 15) is 22.4 Å². The van der Waals surface area contributed by atoms with Crippen molar-refractivity contribution in [3.05, 3.63) is 107 Å². The Bertz CT molecular complexity index is 1370. The molecule has 3 aromatic carbocycles. The van der Waals surface area contributed by atoms with Gasteiger partial charge in [0.15, 0.2) is 0 Å². The van der Waals surface area contributed by atoms with Gasteiger partial charge in [-0.25, -0.2) is 4.39 Å². The minimum atomic E-state index is -4.48. The summed E-state index contributed by atoms with van der Waals surface area (Å²) in [6.45, 7) is 1.83. The van der Waals surface area contributed by atoms with Gasteiger partial charge in [0.25, 0.3) is 0 Å². The number of fused-ring (bicyclic) bond motifs is 1. The summed E-state index contributed by atoms with van der Waals surface area (Å²) >= 11 is 0. The Hall–Kier alpha value is -3.61. The molecule has 1 aromatic heterocycles. The molecule has 0 bridgehead atoms. The number of carbonyl (C=O) groups is 1. The Balaban J connectivity index is 1.60. The highest BCUT2D eigenvalue weighted by molar-refractivity contribution is 5.87. The normalized spacial score (nSPS) is 14.9. The third-order valence-electron chi connectivity index (χ3n) is 6.91. The topological polar surface area (TPSA) is 25.2 Å². The average molecular weight is 495 g/mol. The van der Waals surface area contributed by atoms with Crippen LogP contribution in [0.2, 0.25) is 0 Å². The smallest absolute Gasteiger partial charge is 0.343 e. The molecule has 0 aliphatic carbocycles. The average Bonchev–Trinajstić information content (AvgIpc) is 3.53. The van der Waals surface area contributed by atoms with Gasteiger partial charge in [0.1, 0.15) is 5.82 Å². The molecule has 4 aromatic rings. The number of rotatable bonds is 6. The SMILES string of the molecule is O=C(CC(c1cccc(C(F)(F)F)c1)c1cn(Cc2ccc(F)cc2)c2ccccc12)N1CCCC1. The van der Waals surface area contributed by atoms with Crippen LogP contribution in [0.5, 0.6) is 0 Å². The Morgan fingerprint density at radius 2 is 1.64 bits per heavy atom. The lowest BCUT2D eigenvalue weighted by Gasteiger charge is -2.22. The molecule has 36 heavy (non-hydrogen) atoms. The minimum absolute atomic E-state index is 0.0507. The summed E-state index contributed by atoms with van der Waals surface area (Å²) in [5.41, 5.74) is 2.34. The van der Waals surface area contributed by atoms with Gasteiger partial charge in [0, 0.05) is 49.1 Å². The maximum atomic E-state index is 13.6. The highest BCUT2D eigenvalue weighted by Gasteiger charge is 2.32. The zero-order valence-corrected chi connectivity index (χ0v) is 19.6. The van der Waals surface area contributed by atoms with E-state index in [1.54, 1.807) is 23.1 Å². The predicted octanol–water partition coefficient (Wildman–Crippen LogP) is 6.99. The molecule has 1 amide bonds. The molecule has 1 aliphatic heterocycles. The van der Waals surface area contributed by atoms with Gasteiger partial charge in [-0.1, -0.05) is 48.5 Å². The van der Waals surface area contributed by atoms with Crippen molar-refractivity contribution in [2.75, 3.05) is 13.1 Å². The van der Waals surface area contributed by atoms with Crippen LogP contribution in [0, 0.1) is 5.82 Å². The molecule has 1 atom stereocenters. The number of amides is 1. The van der Waals surface area contributed by atoms with Crippen molar-refractivity contribution in [1.82, 2.24) is 9.47 Å². The fourth-order valence-electron chi connectivity index (χ4n) is 5.08. The molecule has 2 heterocycles. The van der Waals surface area contributed by atoms with Crippen LogP contribution in [0.25, 0.3) is 10.9 Å².